The lowest BCUT2D eigenvalue weighted by Gasteiger charge is -2.05. The van der Waals surface area contributed by atoms with Crippen molar-refractivity contribution in [3.8, 4) is 0 Å². The zero-order chi connectivity index (χ0) is 17.9. The SMILES string of the molecule is Cc1nc(C(=O)NNC(=O)OC/C=C/COCc2ccccc2)cs1. The Kier molecular flexibility index (Phi) is 7.61. The summed E-state index contributed by atoms with van der Waals surface area (Å²) in [5.74, 6) is -0.494. The molecule has 1 aromatic carbocycles. The van der Waals surface area contributed by atoms with Crippen LogP contribution in [0.15, 0.2) is 47.9 Å². The number of carbonyl (C=O) groups excluding carboxylic acids is 2. The fraction of sp³-hybridized carbons (Fsp3) is 0.235. The highest BCUT2D eigenvalue weighted by Crippen LogP contribution is 2.07. The molecule has 2 amide bonds. The normalized spacial score (nSPS) is 10.6. The number of rotatable bonds is 7. The first kappa shape index (κ1) is 18.6. The topological polar surface area (TPSA) is 89.6 Å². The van der Waals surface area contributed by atoms with Crippen LogP contribution in [-0.4, -0.2) is 30.2 Å². The maximum Gasteiger partial charge on any atom is 0.426 e. The van der Waals surface area contributed by atoms with Gasteiger partial charge < -0.3 is 9.47 Å². The summed E-state index contributed by atoms with van der Waals surface area (Å²) in [6.45, 7) is 2.81. The van der Waals surface area contributed by atoms with Crippen LogP contribution in [0.2, 0.25) is 0 Å². The number of aromatic nitrogens is 1. The van der Waals surface area contributed by atoms with Crippen LogP contribution >= 0.6 is 11.3 Å². The molecule has 2 rings (SSSR count). The van der Waals surface area contributed by atoms with E-state index in [1.165, 1.54) is 11.3 Å². The van der Waals surface area contributed by atoms with E-state index in [0.717, 1.165) is 10.6 Å². The van der Waals surface area contributed by atoms with Crippen molar-refractivity contribution in [2.75, 3.05) is 13.2 Å². The van der Waals surface area contributed by atoms with E-state index in [-0.39, 0.29) is 12.3 Å². The third kappa shape index (κ3) is 7.15. The molecule has 0 saturated carbocycles. The van der Waals surface area contributed by atoms with Gasteiger partial charge in [-0.2, -0.15) is 0 Å². The summed E-state index contributed by atoms with van der Waals surface area (Å²) in [6.07, 6.45) is 2.67. The van der Waals surface area contributed by atoms with Crippen LogP contribution in [0.4, 0.5) is 4.79 Å². The summed E-state index contributed by atoms with van der Waals surface area (Å²) in [7, 11) is 0. The molecular weight excluding hydrogens is 342 g/mol. The highest BCUT2D eigenvalue weighted by Gasteiger charge is 2.10. The lowest BCUT2D eigenvalue weighted by molar-refractivity contribution is 0.0911. The molecule has 0 aliphatic carbocycles. The third-order valence-corrected chi connectivity index (χ3v) is 3.71. The molecule has 0 aliphatic rings. The molecule has 7 nitrogen and oxygen atoms in total. The summed E-state index contributed by atoms with van der Waals surface area (Å²) in [6, 6.07) is 9.83. The first-order valence-corrected chi connectivity index (χ1v) is 8.45. The predicted molar refractivity (Wildman–Crippen MR) is 94.0 cm³/mol. The summed E-state index contributed by atoms with van der Waals surface area (Å²) >= 11 is 1.35. The predicted octanol–water partition coefficient (Wildman–Crippen LogP) is 2.60. The van der Waals surface area contributed by atoms with Gasteiger partial charge in [0.15, 0.2) is 0 Å². The number of aryl methyl sites for hydroxylation is 1. The number of amides is 2. The number of carbonyl (C=O) groups is 2. The number of thiazole rings is 1. The van der Waals surface area contributed by atoms with Crippen LogP contribution in [-0.2, 0) is 16.1 Å². The van der Waals surface area contributed by atoms with Crippen molar-refractivity contribution in [2.24, 2.45) is 0 Å². The van der Waals surface area contributed by atoms with E-state index in [9.17, 15) is 9.59 Å². The Labute approximate surface area is 149 Å². The van der Waals surface area contributed by atoms with E-state index < -0.39 is 12.0 Å². The molecule has 1 heterocycles. The largest absolute Gasteiger partial charge is 0.444 e. The van der Waals surface area contributed by atoms with Crippen molar-refractivity contribution in [3.05, 3.63) is 64.1 Å². The van der Waals surface area contributed by atoms with Crippen molar-refractivity contribution in [3.63, 3.8) is 0 Å². The number of nitrogens with zero attached hydrogens (tertiary/aromatic N) is 1. The lowest BCUT2D eigenvalue weighted by atomic mass is 10.2. The van der Waals surface area contributed by atoms with Crippen LogP contribution in [0.1, 0.15) is 21.1 Å². The molecule has 0 aliphatic heterocycles. The molecule has 2 N–H and O–H groups in total. The number of hydrogen-bond donors (Lipinski definition) is 2. The van der Waals surface area contributed by atoms with E-state index >= 15 is 0 Å². The van der Waals surface area contributed by atoms with Gasteiger partial charge >= 0.3 is 6.09 Å². The maximum absolute atomic E-state index is 11.7. The minimum atomic E-state index is -0.754. The summed E-state index contributed by atoms with van der Waals surface area (Å²) in [5.41, 5.74) is 5.72. The monoisotopic (exact) mass is 361 g/mol. The van der Waals surface area contributed by atoms with Crippen LogP contribution in [0.5, 0.6) is 0 Å². The zero-order valence-corrected chi connectivity index (χ0v) is 14.5. The summed E-state index contributed by atoms with van der Waals surface area (Å²) < 4.78 is 10.3. The first-order valence-electron chi connectivity index (χ1n) is 7.57. The van der Waals surface area contributed by atoms with Crippen molar-refractivity contribution < 1.29 is 19.1 Å². The highest BCUT2D eigenvalue weighted by molar-refractivity contribution is 7.09. The number of benzene rings is 1. The average molecular weight is 361 g/mol. The smallest absolute Gasteiger partial charge is 0.426 e. The van der Waals surface area contributed by atoms with Gasteiger partial charge in [0.2, 0.25) is 0 Å². The molecule has 0 radical (unpaired) electrons. The van der Waals surface area contributed by atoms with Gasteiger partial charge in [-0.1, -0.05) is 36.4 Å². The Morgan fingerprint density at radius 2 is 1.92 bits per heavy atom. The molecule has 0 spiro atoms. The molecule has 8 heteroatoms. The molecule has 0 saturated heterocycles. The molecule has 0 unspecified atom stereocenters. The number of ether oxygens (including phenoxy) is 2. The number of hydrazine groups is 1. The fourth-order valence-corrected chi connectivity index (χ4v) is 2.35. The minimum Gasteiger partial charge on any atom is -0.444 e. The van der Waals surface area contributed by atoms with Crippen molar-refractivity contribution in [1.29, 1.82) is 0 Å². The molecule has 2 aromatic rings. The zero-order valence-electron chi connectivity index (χ0n) is 13.7. The highest BCUT2D eigenvalue weighted by atomic mass is 32.1. The van der Waals surface area contributed by atoms with Crippen molar-refractivity contribution >= 4 is 23.3 Å². The van der Waals surface area contributed by atoms with Gasteiger partial charge in [0.1, 0.15) is 12.3 Å². The van der Waals surface area contributed by atoms with Gasteiger partial charge in [0.25, 0.3) is 5.91 Å². The van der Waals surface area contributed by atoms with Gasteiger partial charge in [0, 0.05) is 5.38 Å². The second-order valence-electron chi connectivity index (χ2n) is 4.90. The molecular formula is C17H19N3O4S. The van der Waals surface area contributed by atoms with E-state index in [4.69, 9.17) is 9.47 Å². The van der Waals surface area contributed by atoms with Crippen LogP contribution in [0.3, 0.4) is 0 Å². The quantitative estimate of drug-likeness (QED) is 0.449. The minimum absolute atomic E-state index is 0.0756. The maximum atomic E-state index is 11.7. The molecule has 0 atom stereocenters. The number of nitrogens with one attached hydrogen (secondary N) is 2. The van der Waals surface area contributed by atoms with Crippen molar-refractivity contribution in [2.45, 2.75) is 13.5 Å². The van der Waals surface area contributed by atoms with Gasteiger partial charge in [-0.05, 0) is 18.6 Å². The second kappa shape index (κ2) is 10.2. The lowest BCUT2D eigenvalue weighted by Crippen LogP contribution is -2.42. The van der Waals surface area contributed by atoms with E-state index in [1.54, 1.807) is 24.5 Å². The number of hydrogen-bond acceptors (Lipinski definition) is 6. The third-order valence-electron chi connectivity index (χ3n) is 2.93. The second-order valence-corrected chi connectivity index (χ2v) is 5.96. The molecule has 0 bridgehead atoms. The Morgan fingerprint density at radius 3 is 2.64 bits per heavy atom. The fourth-order valence-electron chi connectivity index (χ4n) is 1.75. The van der Waals surface area contributed by atoms with Crippen LogP contribution < -0.4 is 10.9 Å². The van der Waals surface area contributed by atoms with Crippen LogP contribution in [0.25, 0.3) is 0 Å². The first-order chi connectivity index (χ1) is 12.1. The molecule has 1 aromatic heterocycles. The standard InChI is InChI=1S/C17H19N3O4S/c1-13-18-15(12-25-13)16(21)19-20-17(22)24-10-6-5-9-23-11-14-7-3-2-4-8-14/h2-8,12H,9-11H2,1H3,(H,19,21)(H,20,22)/b6-5+. The average Bonchev–Trinajstić information content (AvgIpc) is 3.06. The van der Waals surface area contributed by atoms with Gasteiger partial charge in [-0.3, -0.25) is 10.2 Å². The van der Waals surface area contributed by atoms with E-state index in [0.29, 0.717) is 13.2 Å². The van der Waals surface area contributed by atoms with Gasteiger partial charge in [0.05, 0.1) is 18.2 Å². The summed E-state index contributed by atoms with van der Waals surface area (Å²) in [5, 5.41) is 2.38. The Morgan fingerprint density at radius 1 is 1.16 bits per heavy atom. The summed E-state index contributed by atoms with van der Waals surface area (Å²) in [4.78, 5) is 27.1. The van der Waals surface area contributed by atoms with E-state index in [2.05, 4.69) is 15.8 Å². The van der Waals surface area contributed by atoms with Crippen LogP contribution in [0, 0.1) is 6.92 Å². The molecule has 0 fully saturated rings. The Hall–Kier alpha value is -2.71. The van der Waals surface area contributed by atoms with Gasteiger partial charge in [-0.25, -0.2) is 15.2 Å². The Bertz CT molecular complexity index is 716. The van der Waals surface area contributed by atoms with Gasteiger partial charge in [-0.15, -0.1) is 11.3 Å². The Balaban J connectivity index is 1.53. The van der Waals surface area contributed by atoms with E-state index in [1.807, 2.05) is 30.3 Å². The molecule has 25 heavy (non-hydrogen) atoms. The van der Waals surface area contributed by atoms with Crippen molar-refractivity contribution in [1.82, 2.24) is 15.8 Å². The molecule has 132 valence electrons.